The first-order chi connectivity index (χ1) is 14.7. The van der Waals surface area contributed by atoms with E-state index in [2.05, 4.69) is 11.9 Å². The smallest absolute Gasteiger partial charge is 0.345 e. The van der Waals surface area contributed by atoms with Gasteiger partial charge in [-0.15, -0.1) is 0 Å². The van der Waals surface area contributed by atoms with Crippen LogP contribution >= 0.6 is 0 Å². The molecule has 8 atom stereocenters. The summed E-state index contributed by atoms with van der Waals surface area (Å²) in [5.74, 6) is 0.0198. The van der Waals surface area contributed by atoms with Gasteiger partial charge in [0.05, 0.1) is 18.3 Å². The van der Waals surface area contributed by atoms with E-state index in [4.69, 9.17) is 9.15 Å². The van der Waals surface area contributed by atoms with Gasteiger partial charge in [0, 0.05) is 29.9 Å². The van der Waals surface area contributed by atoms with E-state index in [0.717, 1.165) is 0 Å². The van der Waals surface area contributed by atoms with E-state index < -0.39 is 40.9 Å². The van der Waals surface area contributed by atoms with Gasteiger partial charge in [0.2, 0.25) is 0 Å². The lowest BCUT2D eigenvalue weighted by atomic mass is 9.46. The summed E-state index contributed by atoms with van der Waals surface area (Å²) in [4.78, 5) is 17.0. The quantitative estimate of drug-likeness (QED) is 0.641. The van der Waals surface area contributed by atoms with Gasteiger partial charge in [-0.3, -0.25) is 4.98 Å². The molecule has 3 heterocycles. The zero-order valence-electron chi connectivity index (χ0n) is 18.0. The number of fused-ring (bicyclic) bond motifs is 4. The highest BCUT2D eigenvalue weighted by molar-refractivity contribution is 5.59. The number of aliphatic hydroxyl groups is 3. The lowest BCUT2D eigenvalue weighted by molar-refractivity contribution is -0.242. The van der Waals surface area contributed by atoms with E-state index in [1.807, 2.05) is 13.8 Å². The fourth-order valence-electron chi connectivity index (χ4n) is 6.68. The van der Waals surface area contributed by atoms with E-state index in [1.54, 1.807) is 30.6 Å². The molecule has 1 aliphatic heterocycles. The van der Waals surface area contributed by atoms with Gasteiger partial charge in [-0.05, 0) is 55.6 Å². The Morgan fingerprint density at radius 3 is 2.71 bits per heavy atom. The number of hydrogen-bond acceptors (Lipinski definition) is 7. The molecule has 166 valence electrons. The minimum atomic E-state index is -1.14. The van der Waals surface area contributed by atoms with Crippen LogP contribution < -0.4 is 10.4 Å². The molecule has 7 heteroatoms. The fraction of sp³-hybridized carbons (Fsp3) is 0.583. The average Bonchev–Trinajstić information content (AvgIpc) is 2.73. The lowest BCUT2D eigenvalue weighted by Gasteiger charge is -2.63. The zero-order valence-corrected chi connectivity index (χ0v) is 18.0. The Balaban J connectivity index is 1.64. The van der Waals surface area contributed by atoms with Crippen LogP contribution in [0, 0.1) is 23.2 Å². The zero-order chi connectivity index (χ0) is 22.1. The van der Waals surface area contributed by atoms with Crippen LogP contribution in [0.15, 0.2) is 39.8 Å². The Morgan fingerprint density at radius 2 is 2.00 bits per heavy atom. The molecular formula is C24H29NO6. The molecule has 2 saturated carbocycles. The molecule has 31 heavy (non-hydrogen) atoms. The first-order valence-electron chi connectivity index (χ1n) is 11.0. The van der Waals surface area contributed by atoms with Gasteiger partial charge < -0.3 is 24.5 Å². The Bertz CT molecular complexity index is 1050. The van der Waals surface area contributed by atoms with Gasteiger partial charge in [-0.25, -0.2) is 4.79 Å². The third-order valence-electron chi connectivity index (χ3n) is 8.37. The first kappa shape index (κ1) is 20.7. The summed E-state index contributed by atoms with van der Waals surface area (Å²) < 4.78 is 11.9. The van der Waals surface area contributed by atoms with E-state index in [1.165, 1.54) is 0 Å². The maximum Gasteiger partial charge on any atom is 0.345 e. The minimum absolute atomic E-state index is 0.00540. The van der Waals surface area contributed by atoms with Crippen molar-refractivity contribution in [1.82, 2.24) is 4.98 Å². The van der Waals surface area contributed by atoms with Crippen LogP contribution in [0.5, 0.6) is 5.75 Å². The minimum Gasteiger partial charge on any atom is -0.484 e. The summed E-state index contributed by atoms with van der Waals surface area (Å²) in [5, 5.41) is 33.1. The second-order valence-corrected chi connectivity index (χ2v) is 9.96. The van der Waals surface area contributed by atoms with Crippen LogP contribution in [0.25, 0.3) is 11.3 Å². The van der Waals surface area contributed by atoms with Crippen LogP contribution in [0.2, 0.25) is 0 Å². The molecule has 0 amide bonds. The number of aliphatic hydroxyl groups excluding tert-OH is 3. The second kappa shape index (κ2) is 6.89. The summed E-state index contributed by atoms with van der Waals surface area (Å²) in [6.07, 6.45) is 2.57. The maximum absolute atomic E-state index is 13.0. The fourth-order valence-corrected chi connectivity index (χ4v) is 6.68. The van der Waals surface area contributed by atoms with E-state index in [0.29, 0.717) is 30.6 Å². The standard InChI is InChI=1S/C24H29NO6/c1-12-14-9-18(27)24(3)21(23(14,2)7-6-15(12)26)20(28)19-17(31-24)10-16(30-22(19)29)13-5-4-8-25-11-13/h4-5,8,10-12,14-15,18,20-21,26-28H,6-7,9H2,1-3H3. The van der Waals surface area contributed by atoms with Crippen molar-refractivity contribution in [1.29, 1.82) is 0 Å². The molecule has 0 saturated heterocycles. The van der Waals surface area contributed by atoms with Crippen molar-refractivity contribution in [2.24, 2.45) is 23.2 Å². The number of pyridine rings is 1. The molecule has 2 aromatic heterocycles. The molecule has 0 radical (unpaired) electrons. The predicted molar refractivity (Wildman–Crippen MR) is 112 cm³/mol. The number of hydrogen-bond donors (Lipinski definition) is 3. The highest BCUT2D eigenvalue weighted by Crippen LogP contribution is 2.64. The van der Waals surface area contributed by atoms with Crippen LogP contribution in [0.4, 0.5) is 0 Å². The summed E-state index contributed by atoms with van der Waals surface area (Å²) in [6.45, 7) is 5.92. The topological polar surface area (TPSA) is 113 Å². The first-order valence-corrected chi connectivity index (χ1v) is 11.0. The monoisotopic (exact) mass is 427 g/mol. The number of nitrogens with zero attached hydrogens (tertiary/aromatic N) is 1. The largest absolute Gasteiger partial charge is 0.484 e. The summed E-state index contributed by atoms with van der Waals surface area (Å²) in [5.41, 5.74) is -1.39. The second-order valence-electron chi connectivity index (χ2n) is 9.96. The van der Waals surface area contributed by atoms with Gasteiger partial charge in [0.1, 0.15) is 22.7 Å². The van der Waals surface area contributed by atoms with Crippen LogP contribution in [0.1, 0.15) is 51.7 Å². The van der Waals surface area contributed by atoms with E-state index >= 15 is 0 Å². The number of rotatable bonds is 1. The lowest BCUT2D eigenvalue weighted by Crippen LogP contribution is -2.68. The SMILES string of the molecule is CC1C(O)CCC2(C)C1CC(O)C1(C)Oc3cc(-c4cccnc4)oc(=O)c3C(O)C21. The van der Waals surface area contributed by atoms with Crippen molar-refractivity contribution in [2.45, 2.75) is 63.9 Å². The molecule has 3 N–H and O–H groups in total. The summed E-state index contributed by atoms with van der Waals surface area (Å²) >= 11 is 0. The van der Waals surface area contributed by atoms with Gasteiger partial charge in [-0.2, -0.15) is 0 Å². The van der Waals surface area contributed by atoms with Crippen LogP contribution in [0.3, 0.4) is 0 Å². The van der Waals surface area contributed by atoms with Crippen LogP contribution in [-0.2, 0) is 0 Å². The summed E-state index contributed by atoms with van der Waals surface area (Å²) in [6, 6.07) is 5.12. The van der Waals surface area contributed by atoms with Gasteiger partial charge in [-0.1, -0.05) is 13.8 Å². The van der Waals surface area contributed by atoms with E-state index in [9.17, 15) is 20.1 Å². The number of ether oxygens (including phenoxy) is 1. The number of aromatic nitrogens is 1. The molecule has 5 rings (SSSR count). The van der Waals surface area contributed by atoms with Crippen molar-refractivity contribution in [3.05, 3.63) is 46.6 Å². The highest BCUT2D eigenvalue weighted by Gasteiger charge is 2.66. The Morgan fingerprint density at radius 1 is 1.23 bits per heavy atom. The van der Waals surface area contributed by atoms with Crippen molar-refractivity contribution in [3.8, 4) is 17.1 Å². The van der Waals surface area contributed by atoms with Gasteiger partial charge in [0.25, 0.3) is 0 Å². The molecule has 7 nitrogen and oxygen atoms in total. The Kier molecular flexibility index (Phi) is 4.59. The molecule has 0 spiro atoms. The molecule has 8 unspecified atom stereocenters. The maximum atomic E-state index is 13.0. The van der Waals surface area contributed by atoms with Crippen molar-refractivity contribution >= 4 is 0 Å². The average molecular weight is 427 g/mol. The van der Waals surface area contributed by atoms with Crippen molar-refractivity contribution in [2.75, 3.05) is 0 Å². The highest BCUT2D eigenvalue weighted by atomic mass is 16.5. The van der Waals surface area contributed by atoms with Crippen molar-refractivity contribution in [3.63, 3.8) is 0 Å². The Labute approximate surface area is 180 Å². The molecule has 2 fully saturated rings. The molecule has 0 bridgehead atoms. The van der Waals surface area contributed by atoms with Gasteiger partial charge >= 0.3 is 5.63 Å². The summed E-state index contributed by atoms with van der Waals surface area (Å²) in [7, 11) is 0. The molecule has 2 aliphatic carbocycles. The Hall–Kier alpha value is -2.22. The van der Waals surface area contributed by atoms with Gasteiger partial charge in [0.15, 0.2) is 0 Å². The molecule has 2 aromatic rings. The van der Waals surface area contributed by atoms with Crippen LogP contribution in [-0.4, -0.2) is 38.1 Å². The molecule has 0 aromatic carbocycles. The normalized spacial score (nSPS) is 41.5. The predicted octanol–water partition coefficient (Wildman–Crippen LogP) is 2.68. The third kappa shape index (κ3) is 2.83. The third-order valence-corrected chi connectivity index (χ3v) is 8.37. The molecule has 3 aliphatic rings. The molecular weight excluding hydrogens is 398 g/mol. The van der Waals surface area contributed by atoms with E-state index in [-0.39, 0.29) is 23.1 Å². The van der Waals surface area contributed by atoms with Crippen molar-refractivity contribution < 1.29 is 24.5 Å².